The SMILES string of the molecule is CC(C)(C)OC(=O)N1CC(=O)COCC1(C)C.CC(C)(C)OC(=O)N1CC(O)COCC1(C)C.CO.[B].[H-].[Na+]. The van der Waals surface area contributed by atoms with Gasteiger partial charge >= 0.3 is 41.7 Å². The van der Waals surface area contributed by atoms with Crippen LogP contribution in [0.5, 0.6) is 0 Å². The Balaban J connectivity index is -0.000000275. The molecule has 217 valence electrons. The average molecular weight is 555 g/mol. The van der Waals surface area contributed by atoms with Crippen LogP contribution in [0.2, 0.25) is 0 Å². The second-order valence-corrected chi connectivity index (χ2v) is 12.0. The third-order valence-corrected chi connectivity index (χ3v) is 4.90. The third-order valence-electron chi connectivity index (χ3n) is 4.90. The van der Waals surface area contributed by atoms with Crippen LogP contribution in [0, 0.1) is 0 Å². The van der Waals surface area contributed by atoms with Crippen LogP contribution in [0.15, 0.2) is 0 Å². The maximum atomic E-state index is 12.1. The monoisotopic (exact) mass is 555 g/mol. The van der Waals surface area contributed by atoms with Crippen molar-refractivity contribution in [1.82, 2.24) is 9.80 Å². The van der Waals surface area contributed by atoms with Crippen molar-refractivity contribution < 1.29 is 74.5 Å². The molecule has 0 saturated carbocycles. The molecule has 0 aliphatic carbocycles. The zero-order chi connectivity index (χ0) is 28.5. The number of nitrogens with zero attached hydrogens (tertiary/aromatic N) is 2. The van der Waals surface area contributed by atoms with Crippen molar-refractivity contribution in [2.45, 2.75) is 97.6 Å². The van der Waals surface area contributed by atoms with E-state index < -0.39 is 40.6 Å². The van der Waals surface area contributed by atoms with E-state index in [1.165, 1.54) is 9.80 Å². The molecule has 13 heteroatoms. The number of carbonyl (C=O) groups excluding carboxylic acids is 3. The molecule has 2 N–H and O–H groups in total. The summed E-state index contributed by atoms with van der Waals surface area (Å²) in [7, 11) is 1.00. The predicted octanol–water partition coefficient (Wildman–Crippen LogP) is -0.661. The van der Waals surface area contributed by atoms with Gasteiger partial charge in [0.05, 0.1) is 50.1 Å². The summed E-state index contributed by atoms with van der Waals surface area (Å²) in [6.07, 6.45) is -1.54. The summed E-state index contributed by atoms with van der Waals surface area (Å²) < 4.78 is 21.2. The first-order valence-corrected chi connectivity index (χ1v) is 12.0. The van der Waals surface area contributed by atoms with Gasteiger partial charge in [-0.1, -0.05) is 0 Å². The van der Waals surface area contributed by atoms with E-state index in [9.17, 15) is 19.5 Å². The molecule has 1 atom stereocenters. The van der Waals surface area contributed by atoms with E-state index in [1.807, 2.05) is 48.5 Å². The topological polar surface area (TPSA) is 135 Å². The van der Waals surface area contributed by atoms with Crippen LogP contribution in [-0.2, 0) is 23.7 Å². The van der Waals surface area contributed by atoms with Gasteiger partial charge in [0, 0.05) is 15.5 Å². The van der Waals surface area contributed by atoms with E-state index in [1.54, 1.807) is 20.8 Å². The van der Waals surface area contributed by atoms with E-state index >= 15 is 0 Å². The first-order valence-electron chi connectivity index (χ1n) is 12.0. The van der Waals surface area contributed by atoms with Crippen molar-refractivity contribution in [1.29, 1.82) is 0 Å². The van der Waals surface area contributed by atoms with Crippen LogP contribution < -0.4 is 29.6 Å². The van der Waals surface area contributed by atoms with Crippen LogP contribution in [0.25, 0.3) is 0 Å². The van der Waals surface area contributed by atoms with Crippen LogP contribution >= 0.6 is 0 Å². The number of aliphatic hydroxyl groups is 2. The summed E-state index contributed by atoms with van der Waals surface area (Å²) in [5.74, 6) is -0.110. The second-order valence-electron chi connectivity index (χ2n) is 12.0. The Morgan fingerprint density at radius 1 is 0.895 bits per heavy atom. The third kappa shape index (κ3) is 15.6. The molecule has 0 spiro atoms. The zero-order valence-corrected chi connectivity index (χ0v) is 27.5. The van der Waals surface area contributed by atoms with E-state index in [0.29, 0.717) is 13.2 Å². The number of aliphatic hydroxyl groups excluding tert-OH is 2. The molecular formula is C25H49BN2NaO9. The predicted molar refractivity (Wildman–Crippen MR) is 142 cm³/mol. The van der Waals surface area contributed by atoms with Crippen molar-refractivity contribution in [3.8, 4) is 0 Å². The molecule has 2 amide bonds. The Bertz CT molecular complexity index is 744. The Morgan fingerprint density at radius 2 is 1.29 bits per heavy atom. The smallest absolute Gasteiger partial charge is 1.00 e. The summed E-state index contributed by atoms with van der Waals surface area (Å²) in [5.41, 5.74) is -2.11. The minimum atomic E-state index is -0.663. The molecule has 1 unspecified atom stereocenters. The van der Waals surface area contributed by atoms with E-state index in [4.69, 9.17) is 24.1 Å². The average Bonchev–Trinajstić information content (AvgIpc) is 2.91. The molecule has 2 aliphatic rings. The molecule has 0 aromatic rings. The summed E-state index contributed by atoms with van der Waals surface area (Å²) in [4.78, 5) is 38.5. The van der Waals surface area contributed by atoms with E-state index in [2.05, 4.69) is 0 Å². The molecule has 2 saturated heterocycles. The van der Waals surface area contributed by atoms with E-state index in [-0.39, 0.29) is 71.5 Å². The molecule has 0 aromatic carbocycles. The Hall–Kier alpha value is -0.885. The number of hydrogen-bond acceptors (Lipinski definition) is 9. The number of amides is 2. The number of hydrogen-bond donors (Lipinski definition) is 2. The van der Waals surface area contributed by atoms with Gasteiger partial charge < -0.3 is 30.6 Å². The fraction of sp³-hybridized carbons (Fsp3) is 0.880. The first-order chi connectivity index (χ1) is 16.2. The van der Waals surface area contributed by atoms with Gasteiger partial charge in [0.15, 0.2) is 5.78 Å². The van der Waals surface area contributed by atoms with Crippen molar-refractivity contribution in [2.24, 2.45) is 0 Å². The fourth-order valence-electron chi connectivity index (χ4n) is 3.23. The van der Waals surface area contributed by atoms with Gasteiger partial charge in [-0.2, -0.15) is 0 Å². The van der Waals surface area contributed by atoms with Gasteiger partial charge in [0.25, 0.3) is 0 Å². The Labute approximate surface area is 254 Å². The quantitative estimate of drug-likeness (QED) is 0.374. The molecule has 0 bridgehead atoms. The normalized spacial score (nSPS) is 20.9. The fourth-order valence-corrected chi connectivity index (χ4v) is 3.23. The van der Waals surface area contributed by atoms with Gasteiger partial charge in [-0.3, -0.25) is 14.6 Å². The van der Waals surface area contributed by atoms with Crippen molar-refractivity contribution >= 4 is 26.4 Å². The van der Waals surface area contributed by atoms with Gasteiger partial charge in [-0.05, 0) is 69.2 Å². The first kappa shape index (κ1) is 41.6. The van der Waals surface area contributed by atoms with Crippen LogP contribution in [0.1, 0.15) is 70.7 Å². The van der Waals surface area contributed by atoms with Crippen molar-refractivity contribution in [3.63, 3.8) is 0 Å². The number of rotatable bonds is 0. The minimum absolute atomic E-state index is 0. The number of ketones is 1. The minimum Gasteiger partial charge on any atom is -1.00 e. The number of ether oxygens (including phenoxy) is 4. The standard InChI is InChI=1S/C12H23NO4.C12H21NO4.CH4O.B.Na.H/c2*1-11(2,3)17-10(15)13-6-9(14)7-16-8-12(13,4)5;1-2;;;/h9,14H,6-8H2,1-5H3;6-8H2,1-5H3;2H,1H3;;;/q;;;;+1;-1. The summed E-state index contributed by atoms with van der Waals surface area (Å²) in [6, 6.07) is 0. The maximum absolute atomic E-state index is 12.1. The van der Waals surface area contributed by atoms with E-state index in [0.717, 1.165) is 7.11 Å². The summed E-state index contributed by atoms with van der Waals surface area (Å²) in [6.45, 7) is 19.7. The Morgan fingerprint density at radius 3 is 1.74 bits per heavy atom. The molecule has 0 aromatic heterocycles. The van der Waals surface area contributed by atoms with Gasteiger partial charge in [0.2, 0.25) is 0 Å². The molecule has 3 radical (unpaired) electrons. The molecule has 2 heterocycles. The molecule has 38 heavy (non-hydrogen) atoms. The number of Topliss-reactive ketones (excluding diaryl/α,β-unsaturated/α-hetero) is 1. The van der Waals surface area contributed by atoms with Crippen LogP contribution in [0.4, 0.5) is 9.59 Å². The maximum Gasteiger partial charge on any atom is 1.00 e. The second kappa shape index (κ2) is 17.0. The number of carbonyl (C=O) groups is 3. The van der Waals surface area contributed by atoms with Gasteiger partial charge in [-0.25, -0.2) is 9.59 Å². The van der Waals surface area contributed by atoms with Gasteiger partial charge in [-0.15, -0.1) is 0 Å². The summed E-state index contributed by atoms with van der Waals surface area (Å²) in [5, 5.41) is 16.7. The van der Waals surface area contributed by atoms with Gasteiger partial charge in [0.1, 0.15) is 17.8 Å². The molecule has 2 rings (SSSR count). The molecule has 2 fully saturated rings. The van der Waals surface area contributed by atoms with Crippen LogP contribution in [-0.4, -0.2) is 121 Å². The number of β-amino-alcohol motifs (C(OH)–C–C–N with tert-alkyl or cyclic N) is 1. The molecule has 11 nitrogen and oxygen atoms in total. The largest absolute Gasteiger partial charge is 1.00 e. The Kier molecular flexibility index (Phi) is 18.7. The van der Waals surface area contributed by atoms with Crippen molar-refractivity contribution in [3.05, 3.63) is 0 Å². The molecule has 2 aliphatic heterocycles. The zero-order valence-electron chi connectivity index (χ0n) is 26.5. The summed E-state index contributed by atoms with van der Waals surface area (Å²) >= 11 is 0. The molecular weight excluding hydrogens is 506 g/mol. The van der Waals surface area contributed by atoms with Crippen LogP contribution in [0.3, 0.4) is 0 Å². The van der Waals surface area contributed by atoms with Crippen molar-refractivity contribution in [2.75, 3.05) is 46.6 Å².